The number of likely N-dealkylation sites (tertiary alicyclic amines) is 1. The molecule has 0 saturated carbocycles. The Bertz CT molecular complexity index is 640. The van der Waals surface area contributed by atoms with Crippen LogP contribution in [-0.4, -0.2) is 29.1 Å². The highest BCUT2D eigenvalue weighted by molar-refractivity contribution is 8.00. The van der Waals surface area contributed by atoms with E-state index in [1.54, 1.807) is 11.8 Å². The van der Waals surface area contributed by atoms with Crippen LogP contribution >= 0.6 is 11.8 Å². The van der Waals surface area contributed by atoms with E-state index >= 15 is 0 Å². The molecular formula is C18H21NOS. The second-order valence-corrected chi connectivity index (χ2v) is 6.78. The van der Waals surface area contributed by atoms with Crippen LogP contribution in [0.5, 0.6) is 0 Å². The fourth-order valence-corrected chi connectivity index (χ4v) is 3.78. The van der Waals surface area contributed by atoms with E-state index in [0.717, 1.165) is 19.4 Å². The first-order valence-corrected chi connectivity index (χ1v) is 8.64. The molecule has 3 rings (SSSR count). The maximum absolute atomic E-state index is 12.4. The van der Waals surface area contributed by atoms with Crippen molar-refractivity contribution in [1.29, 1.82) is 0 Å². The number of piperidine rings is 1. The zero-order valence-corrected chi connectivity index (χ0v) is 13.2. The average molecular weight is 299 g/mol. The topological polar surface area (TPSA) is 20.3 Å². The third-order valence-electron chi connectivity index (χ3n) is 4.21. The van der Waals surface area contributed by atoms with Crippen LogP contribution in [0.1, 0.15) is 26.2 Å². The van der Waals surface area contributed by atoms with Crippen LogP contribution in [0.2, 0.25) is 0 Å². The van der Waals surface area contributed by atoms with Crippen LogP contribution in [0.3, 0.4) is 0 Å². The summed E-state index contributed by atoms with van der Waals surface area (Å²) >= 11 is 1.65. The maximum atomic E-state index is 12.4. The lowest BCUT2D eigenvalue weighted by atomic mass is 10.0. The van der Waals surface area contributed by atoms with Gasteiger partial charge in [-0.25, -0.2) is 0 Å². The molecule has 0 spiro atoms. The molecule has 0 unspecified atom stereocenters. The first-order chi connectivity index (χ1) is 10.2. The molecule has 0 bridgehead atoms. The van der Waals surface area contributed by atoms with E-state index in [0.29, 0.717) is 11.8 Å². The molecule has 0 N–H and O–H groups in total. The van der Waals surface area contributed by atoms with Gasteiger partial charge in [0.1, 0.15) is 0 Å². The maximum Gasteiger partial charge on any atom is 0.233 e. The number of fused-ring (bicyclic) bond motifs is 1. The second-order valence-electron chi connectivity index (χ2n) is 5.73. The molecule has 1 fully saturated rings. The highest BCUT2D eigenvalue weighted by Gasteiger charge is 2.22. The quantitative estimate of drug-likeness (QED) is 0.786. The largest absolute Gasteiger partial charge is 0.339 e. The molecule has 1 atom stereocenters. The molecule has 0 radical (unpaired) electrons. The van der Waals surface area contributed by atoms with Crippen LogP contribution in [0, 0.1) is 0 Å². The molecule has 110 valence electrons. The Balaban J connectivity index is 1.64. The van der Waals surface area contributed by atoms with Crippen molar-refractivity contribution in [3.8, 4) is 0 Å². The van der Waals surface area contributed by atoms with Gasteiger partial charge in [-0.3, -0.25) is 4.79 Å². The van der Waals surface area contributed by atoms with Crippen molar-refractivity contribution >= 4 is 28.4 Å². The lowest BCUT2D eigenvalue weighted by Gasteiger charge is -2.33. The zero-order chi connectivity index (χ0) is 14.7. The summed E-state index contributed by atoms with van der Waals surface area (Å²) in [6.07, 6.45) is 3.55. The van der Waals surface area contributed by atoms with Crippen molar-refractivity contribution in [2.75, 3.05) is 12.3 Å². The van der Waals surface area contributed by atoms with Crippen LogP contribution in [0.25, 0.3) is 10.8 Å². The molecular weight excluding hydrogens is 278 g/mol. The Morgan fingerprint density at radius 2 is 2.00 bits per heavy atom. The van der Waals surface area contributed by atoms with Crippen molar-refractivity contribution in [3.05, 3.63) is 42.5 Å². The number of hydrogen-bond donors (Lipinski definition) is 0. The summed E-state index contributed by atoms with van der Waals surface area (Å²) in [4.78, 5) is 15.6. The highest BCUT2D eigenvalue weighted by Crippen LogP contribution is 2.25. The number of carbonyl (C=O) groups excluding carboxylic acids is 1. The smallest absolute Gasteiger partial charge is 0.233 e. The van der Waals surface area contributed by atoms with E-state index in [2.05, 4.69) is 54.3 Å². The molecule has 1 aliphatic rings. The van der Waals surface area contributed by atoms with Gasteiger partial charge < -0.3 is 4.90 Å². The van der Waals surface area contributed by atoms with Crippen molar-refractivity contribution in [1.82, 2.24) is 4.90 Å². The highest BCUT2D eigenvalue weighted by atomic mass is 32.2. The summed E-state index contributed by atoms with van der Waals surface area (Å²) in [6, 6.07) is 15.2. The van der Waals surface area contributed by atoms with E-state index in [1.165, 1.54) is 22.1 Å². The molecule has 2 aromatic carbocycles. The predicted octanol–water partition coefficient (Wildman–Crippen LogP) is 4.33. The SMILES string of the molecule is C[C@H]1CCCCN1C(=O)CSc1ccc2ccccc2c1. The lowest BCUT2D eigenvalue weighted by molar-refractivity contribution is -0.131. The van der Waals surface area contributed by atoms with E-state index in [4.69, 9.17) is 0 Å². The average Bonchev–Trinajstić information content (AvgIpc) is 2.53. The summed E-state index contributed by atoms with van der Waals surface area (Å²) in [6.45, 7) is 3.09. The van der Waals surface area contributed by atoms with E-state index in [9.17, 15) is 4.79 Å². The summed E-state index contributed by atoms with van der Waals surface area (Å²) in [5, 5.41) is 2.49. The summed E-state index contributed by atoms with van der Waals surface area (Å²) in [5.41, 5.74) is 0. The number of nitrogens with zero attached hydrogens (tertiary/aromatic N) is 1. The summed E-state index contributed by atoms with van der Waals surface area (Å²) in [5.74, 6) is 0.822. The number of amides is 1. The van der Waals surface area contributed by atoms with Crippen LogP contribution in [-0.2, 0) is 4.79 Å². The Hall–Kier alpha value is -1.48. The number of rotatable bonds is 3. The fourth-order valence-electron chi connectivity index (χ4n) is 2.95. The predicted molar refractivity (Wildman–Crippen MR) is 89.7 cm³/mol. The van der Waals surface area contributed by atoms with Gasteiger partial charge in [-0.15, -0.1) is 11.8 Å². The molecule has 1 heterocycles. The zero-order valence-electron chi connectivity index (χ0n) is 12.4. The summed E-state index contributed by atoms with van der Waals surface area (Å²) < 4.78 is 0. The third kappa shape index (κ3) is 3.41. The normalized spacial score (nSPS) is 18.9. The van der Waals surface area contributed by atoms with Gasteiger partial charge in [-0.1, -0.05) is 30.3 Å². The molecule has 3 heteroatoms. The van der Waals surface area contributed by atoms with Gasteiger partial charge in [0.15, 0.2) is 0 Å². The molecule has 1 saturated heterocycles. The minimum absolute atomic E-state index is 0.278. The van der Waals surface area contributed by atoms with Crippen LogP contribution in [0.4, 0.5) is 0 Å². The van der Waals surface area contributed by atoms with Crippen LogP contribution < -0.4 is 0 Å². The first-order valence-electron chi connectivity index (χ1n) is 7.65. The van der Waals surface area contributed by atoms with Gasteiger partial charge in [0.25, 0.3) is 0 Å². The molecule has 1 amide bonds. The number of benzene rings is 2. The Labute approximate surface area is 130 Å². The minimum Gasteiger partial charge on any atom is -0.339 e. The molecule has 0 aliphatic carbocycles. The standard InChI is InChI=1S/C18H21NOS/c1-14-6-4-5-11-19(14)18(20)13-21-17-10-9-15-7-2-3-8-16(15)12-17/h2-3,7-10,12,14H,4-6,11,13H2,1H3/t14-/m0/s1. The van der Waals surface area contributed by atoms with Crippen LogP contribution in [0.15, 0.2) is 47.4 Å². The van der Waals surface area contributed by atoms with Crippen molar-refractivity contribution in [2.24, 2.45) is 0 Å². The van der Waals surface area contributed by atoms with E-state index in [1.807, 2.05) is 0 Å². The van der Waals surface area contributed by atoms with Crippen molar-refractivity contribution < 1.29 is 4.79 Å². The minimum atomic E-state index is 0.278. The fraction of sp³-hybridized carbons (Fsp3) is 0.389. The molecule has 0 aromatic heterocycles. The number of thioether (sulfide) groups is 1. The molecule has 21 heavy (non-hydrogen) atoms. The first kappa shape index (κ1) is 14.5. The van der Waals surface area contributed by atoms with E-state index in [-0.39, 0.29) is 5.91 Å². The second kappa shape index (κ2) is 6.52. The Morgan fingerprint density at radius 3 is 2.81 bits per heavy atom. The van der Waals surface area contributed by atoms with Gasteiger partial charge in [0, 0.05) is 17.5 Å². The van der Waals surface area contributed by atoms with Crippen molar-refractivity contribution in [2.45, 2.75) is 37.1 Å². The molecule has 1 aliphatic heterocycles. The Kier molecular flexibility index (Phi) is 4.49. The van der Waals surface area contributed by atoms with Crippen molar-refractivity contribution in [3.63, 3.8) is 0 Å². The molecule has 2 nitrogen and oxygen atoms in total. The lowest BCUT2D eigenvalue weighted by Crippen LogP contribution is -2.42. The summed E-state index contributed by atoms with van der Waals surface area (Å²) in [7, 11) is 0. The number of carbonyl (C=O) groups is 1. The van der Waals surface area contributed by atoms with Gasteiger partial charge in [-0.05, 0) is 49.1 Å². The Morgan fingerprint density at radius 1 is 1.19 bits per heavy atom. The van der Waals surface area contributed by atoms with Gasteiger partial charge in [-0.2, -0.15) is 0 Å². The van der Waals surface area contributed by atoms with Gasteiger partial charge in [0.05, 0.1) is 5.75 Å². The number of hydrogen-bond acceptors (Lipinski definition) is 2. The van der Waals surface area contributed by atoms with E-state index < -0.39 is 0 Å². The van der Waals surface area contributed by atoms with Gasteiger partial charge >= 0.3 is 0 Å². The molecule has 2 aromatic rings. The van der Waals surface area contributed by atoms with Gasteiger partial charge in [0.2, 0.25) is 5.91 Å². The third-order valence-corrected chi connectivity index (χ3v) is 5.19. The monoisotopic (exact) mass is 299 g/mol.